The fraction of sp³-hybridized carbons (Fsp3) is 0. The van der Waals surface area contributed by atoms with Crippen LogP contribution in [0.5, 0.6) is 0 Å². The van der Waals surface area contributed by atoms with Gasteiger partial charge in [-0.15, -0.1) is 0 Å². The number of rotatable bonds is 2. The van der Waals surface area contributed by atoms with Gasteiger partial charge < -0.3 is 4.42 Å². The van der Waals surface area contributed by atoms with Gasteiger partial charge in [0, 0.05) is 0 Å². The Morgan fingerprint density at radius 1 is 1.90 bits per heavy atom. The summed E-state index contributed by atoms with van der Waals surface area (Å²) in [4.78, 5) is 9.57. The lowest BCUT2D eigenvalue weighted by atomic mass is 10.3. The van der Waals surface area contributed by atoms with Crippen molar-refractivity contribution in [3.8, 4) is 0 Å². The van der Waals surface area contributed by atoms with Gasteiger partial charge in [-0.05, 0) is 0 Å². The third-order valence-corrected chi connectivity index (χ3v) is 1.02. The van der Waals surface area contributed by atoms with Crippen molar-refractivity contribution in [1.82, 2.24) is 0 Å². The van der Waals surface area contributed by atoms with Crippen LogP contribution in [0.25, 0.3) is 6.08 Å². The Morgan fingerprint density at radius 3 is 3.00 bits per heavy atom. The zero-order chi connectivity index (χ0) is 7.56. The molecule has 4 heteroatoms. The van der Waals surface area contributed by atoms with Crippen molar-refractivity contribution < 1.29 is 9.34 Å². The molecule has 4 nitrogen and oxygen atoms in total. The predicted molar refractivity (Wildman–Crippen MR) is 34.3 cm³/mol. The van der Waals surface area contributed by atoms with E-state index >= 15 is 0 Å². The average Bonchev–Trinajstić information content (AvgIpc) is 2.33. The molecule has 1 radical (unpaired) electrons. The summed E-state index contributed by atoms with van der Waals surface area (Å²) in [6.45, 7) is 3.35. The SMILES string of the molecule is C=Cc1[c]occ1[N+](=O)[O-]. The number of nitro groups is 1. The minimum atomic E-state index is -0.545. The largest absolute Gasteiger partial charge is 0.453 e. The molecule has 1 aromatic rings. The second-order valence-electron chi connectivity index (χ2n) is 1.60. The number of nitrogens with zero attached hydrogens (tertiary/aromatic N) is 1. The van der Waals surface area contributed by atoms with Crippen molar-refractivity contribution >= 4 is 11.8 Å². The van der Waals surface area contributed by atoms with Gasteiger partial charge in [0.25, 0.3) is 0 Å². The number of hydrogen-bond acceptors (Lipinski definition) is 3. The second-order valence-corrected chi connectivity index (χ2v) is 1.60. The second kappa shape index (κ2) is 2.34. The van der Waals surface area contributed by atoms with Crippen LogP contribution in [0.3, 0.4) is 0 Å². The van der Waals surface area contributed by atoms with Crippen LogP contribution in [-0.2, 0) is 0 Å². The molecular formula is C6H4NO3. The summed E-state index contributed by atoms with van der Waals surface area (Å²) in [6, 6.07) is 0. The summed E-state index contributed by atoms with van der Waals surface area (Å²) >= 11 is 0. The van der Waals surface area contributed by atoms with Gasteiger partial charge in [-0.2, -0.15) is 0 Å². The first-order valence-corrected chi connectivity index (χ1v) is 2.51. The van der Waals surface area contributed by atoms with Crippen molar-refractivity contribution in [2.45, 2.75) is 0 Å². The quantitative estimate of drug-likeness (QED) is 0.461. The summed E-state index contributed by atoms with van der Waals surface area (Å²) < 4.78 is 4.46. The smallest absolute Gasteiger partial charge is 0.315 e. The van der Waals surface area contributed by atoms with E-state index in [2.05, 4.69) is 17.3 Å². The minimum Gasteiger partial charge on any atom is -0.453 e. The molecule has 0 aliphatic carbocycles. The van der Waals surface area contributed by atoms with E-state index in [-0.39, 0.29) is 11.3 Å². The van der Waals surface area contributed by atoms with Crippen LogP contribution in [0.2, 0.25) is 0 Å². The predicted octanol–water partition coefficient (Wildman–Crippen LogP) is 1.63. The molecule has 0 saturated heterocycles. The zero-order valence-corrected chi connectivity index (χ0v) is 5.03. The molecule has 0 aliphatic rings. The maximum atomic E-state index is 10.1. The van der Waals surface area contributed by atoms with Crippen LogP contribution < -0.4 is 0 Å². The van der Waals surface area contributed by atoms with Gasteiger partial charge in [0.2, 0.25) is 0 Å². The van der Waals surface area contributed by atoms with Crippen molar-refractivity contribution in [1.29, 1.82) is 0 Å². The van der Waals surface area contributed by atoms with Crippen LogP contribution in [0, 0.1) is 16.4 Å². The molecular weight excluding hydrogens is 134 g/mol. The van der Waals surface area contributed by atoms with Gasteiger partial charge in [-0.3, -0.25) is 10.1 Å². The fourth-order valence-corrected chi connectivity index (χ4v) is 0.552. The van der Waals surface area contributed by atoms with Gasteiger partial charge in [0.1, 0.15) is 5.56 Å². The van der Waals surface area contributed by atoms with Gasteiger partial charge in [0.05, 0.1) is 4.92 Å². The van der Waals surface area contributed by atoms with E-state index in [0.29, 0.717) is 0 Å². The molecule has 0 fully saturated rings. The Labute approximate surface area is 56.9 Å². The highest BCUT2D eigenvalue weighted by Gasteiger charge is 2.13. The molecule has 0 aromatic carbocycles. The Balaban J connectivity index is 3.13. The molecule has 0 unspecified atom stereocenters. The van der Waals surface area contributed by atoms with Crippen molar-refractivity contribution in [2.24, 2.45) is 0 Å². The lowest BCUT2D eigenvalue weighted by molar-refractivity contribution is -0.385. The zero-order valence-electron chi connectivity index (χ0n) is 5.03. The molecule has 0 N–H and O–H groups in total. The summed E-state index contributed by atoms with van der Waals surface area (Å²) in [6.07, 6.45) is 4.65. The van der Waals surface area contributed by atoms with E-state index in [1.54, 1.807) is 0 Å². The first-order chi connectivity index (χ1) is 4.75. The molecule has 0 aliphatic heterocycles. The summed E-state index contributed by atoms with van der Waals surface area (Å²) in [5.41, 5.74) is 0.181. The molecule has 1 aromatic heterocycles. The molecule has 0 bridgehead atoms. The van der Waals surface area contributed by atoms with Gasteiger partial charge in [-0.1, -0.05) is 12.7 Å². The van der Waals surface area contributed by atoms with E-state index in [1.807, 2.05) is 0 Å². The van der Waals surface area contributed by atoms with E-state index in [9.17, 15) is 10.1 Å². The van der Waals surface area contributed by atoms with Crippen molar-refractivity contribution in [3.63, 3.8) is 0 Å². The Morgan fingerprint density at radius 2 is 2.60 bits per heavy atom. The van der Waals surface area contributed by atoms with Crippen LogP contribution >= 0.6 is 0 Å². The highest BCUT2D eigenvalue weighted by Crippen LogP contribution is 2.18. The molecule has 1 rings (SSSR count). The normalized spacial score (nSPS) is 9.20. The van der Waals surface area contributed by atoms with Crippen molar-refractivity contribution in [2.75, 3.05) is 0 Å². The maximum absolute atomic E-state index is 10.1. The van der Waals surface area contributed by atoms with Crippen LogP contribution in [0.1, 0.15) is 5.56 Å². The highest BCUT2D eigenvalue weighted by molar-refractivity contribution is 5.56. The van der Waals surface area contributed by atoms with E-state index in [0.717, 1.165) is 6.26 Å². The van der Waals surface area contributed by atoms with E-state index in [4.69, 9.17) is 0 Å². The monoisotopic (exact) mass is 138 g/mol. The van der Waals surface area contributed by atoms with Crippen LogP contribution in [-0.4, -0.2) is 4.92 Å². The standard InChI is InChI=1S/C6H4NO3/c1-2-5-3-10-4-6(5)7(8)9/h2,4H,1H2. The first kappa shape index (κ1) is 6.54. The lowest BCUT2D eigenvalue weighted by Gasteiger charge is -1.82. The lowest BCUT2D eigenvalue weighted by Crippen LogP contribution is -1.86. The molecule has 0 atom stereocenters. The molecule has 0 amide bonds. The third kappa shape index (κ3) is 0.907. The molecule has 51 valence electrons. The molecule has 0 spiro atoms. The van der Waals surface area contributed by atoms with Crippen LogP contribution in [0.4, 0.5) is 5.69 Å². The minimum absolute atomic E-state index is 0.102. The van der Waals surface area contributed by atoms with Gasteiger partial charge in [0.15, 0.2) is 12.5 Å². The van der Waals surface area contributed by atoms with E-state index < -0.39 is 4.92 Å². The van der Waals surface area contributed by atoms with Crippen molar-refractivity contribution in [3.05, 3.63) is 34.8 Å². The van der Waals surface area contributed by atoms with Gasteiger partial charge >= 0.3 is 5.69 Å². The summed E-state index contributed by atoms with van der Waals surface area (Å²) in [5, 5.41) is 10.1. The van der Waals surface area contributed by atoms with Gasteiger partial charge in [-0.25, -0.2) is 0 Å². The van der Waals surface area contributed by atoms with E-state index in [1.165, 1.54) is 6.08 Å². The third-order valence-electron chi connectivity index (χ3n) is 1.02. The average molecular weight is 138 g/mol. The maximum Gasteiger partial charge on any atom is 0.315 e. The number of hydrogen-bond donors (Lipinski definition) is 0. The molecule has 0 saturated carbocycles. The molecule has 1 heterocycles. The number of furan rings is 1. The summed E-state index contributed by atoms with van der Waals surface area (Å²) in [7, 11) is 0. The topological polar surface area (TPSA) is 56.3 Å². The first-order valence-electron chi connectivity index (χ1n) is 2.51. The highest BCUT2D eigenvalue weighted by atomic mass is 16.6. The fourth-order valence-electron chi connectivity index (χ4n) is 0.552. The Bertz CT molecular complexity index is 264. The van der Waals surface area contributed by atoms with Crippen LogP contribution in [0.15, 0.2) is 17.3 Å². The summed E-state index contributed by atoms with van der Waals surface area (Å²) in [5.74, 6) is 0. The molecule has 10 heavy (non-hydrogen) atoms. The Hall–Kier alpha value is -1.58. The Kier molecular flexibility index (Phi) is 1.53.